The summed E-state index contributed by atoms with van der Waals surface area (Å²) in [5, 5.41) is 4.18. The average molecular weight is 449 g/mol. The van der Waals surface area contributed by atoms with Crippen molar-refractivity contribution in [2.45, 2.75) is 58.2 Å². The van der Waals surface area contributed by atoms with Crippen molar-refractivity contribution in [1.82, 2.24) is 24.6 Å². The quantitative estimate of drug-likeness (QED) is 0.594. The van der Waals surface area contributed by atoms with Crippen LogP contribution >= 0.6 is 0 Å². The number of fused-ring (bicyclic) bond motifs is 1. The molecule has 4 heterocycles. The molecule has 3 aromatic rings. The van der Waals surface area contributed by atoms with E-state index in [2.05, 4.69) is 10.00 Å². The summed E-state index contributed by atoms with van der Waals surface area (Å²) in [6.07, 6.45) is 8.33. The van der Waals surface area contributed by atoms with Crippen LogP contribution in [-0.2, 0) is 24.3 Å². The Morgan fingerprint density at radius 2 is 2.06 bits per heavy atom. The van der Waals surface area contributed by atoms with Crippen molar-refractivity contribution < 1.29 is 9.18 Å². The first-order valence-electron chi connectivity index (χ1n) is 11.7. The summed E-state index contributed by atoms with van der Waals surface area (Å²) >= 11 is 0. The third-order valence-corrected chi connectivity index (χ3v) is 6.60. The number of halogens is 1. The van der Waals surface area contributed by atoms with Gasteiger partial charge in [0.05, 0.1) is 6.04 Å². The van der Waals surface area contributed by atoms with Crippen molar-refractivity contribution in [1.29, 1.82) is 0 Å². The molecule has 8 heteroatoms. The molecule has 1 fully saturated rings. The zero-order chi connectivity index (χ0) is 22.8. The van der Waals surface area contributed by atoms with E-state index in [1.54, 1.807) is 29.2 Å². The minimum Gasteiger partial charge on any atom is -0.352 e. The Morgan fingerprint density at radius 3 is 2.88 bits per heavy atom. The molecule has 1 saturated heterocycles. The van der Waals surface area contributed by atoms with E-state index < -0.39 is 0 Å². The van der Waals surface area contributed by atoms with Gasteiger partial charge in [0.2, 0.25) is 5.91 Å². The third kappa shape index (κ3) is 4.60. The fraction of sp³-hybridized carbons (Fsp3) is 0.440. The molecule has 1 amide bonds. The molecule has 2 aromatic heterocycles. The molecule has 0 bridgehead atoms. The molecule has 1 atom stereocenters. The van der Waals surface area contributed by atoms with Gasteiger partial charge in [-0.1, -0.05) is 12.1 Å². The van der Waals surface area contributed by atoms with E-state index in [9.17, 15) is 9.18 Å². The number of piperidine rings is 1. The highest BCUT2D eigenvalue weighted by Crippen LogP contribution is 2.34. The Hall–Kier alpha value is -3.29. The predicted molar refractivity (Wildman–Crippen MR) is 123 cm³/mol. The molecule has 0 N–H and O–H groups in total. The van der Waals surface area contributed by atoms with E-state index in [-0.39, 0.29) is 24.3 Å². The largest absolute Gasteiger partial charge is 0.352 e. The molecule has 0 unspecified atom stereocenters. The number of aromatic nitrogens is 4. The first-order valence-corrected chi connectivity index (χ1v) is 11.7. The molecule has 0 saturated carbocycles. The fourth-order valence-electron chi connectivity index (χ4n) is 4.99. The molecule has 2 aliphatic heterocycles. The first-order chi connectivity index (χ1) is 16.1. The lowest BCUT2D eigenvalue weighted by Gasteiger charge is -2.36. The van der Waals surface area contributed by atoms with Gasteiger partial charge in [0.15, 0.2) is 5.82 Å². The van der Waals surface area contributed by atoms with Gasteiger partial charge in [-0.3, -0.25) is 9.48 Å². The maximum absolute atomic E-state index is 13.8. The van der Waals surface area contributed by atoms with Crippen molar-refractivity contribution in [3.05, 3.63) is 71.2 Å². The Morgan fingerprint density at radius 1 is 1.15 bits per heavy atom. The number of carbonyl (C=O) groups is 1. The standard InChI is InChI=1S/C25H29FN6O/c1-18-21-9-5-12-30(16-19-7-4-8-20(26)15-19)25(21)29-24(28-18)22-10-2-3-14-32(22)23(33)17-31-13-6-11-27-31/h4,6-8,11,13,15,22H,2-3,5,9-10,12,14,16-17H2,1H3/t22-/m1/s1. The highest BCUT2D eigenvalue weighted by molar-refractivity contribution is 5.76. The number of hydrogen-bond donors (Lipinski definition) is 0. The Bertz CT molecular complexity index is 1130. The number of anilines is 1. The molecular formula is C25H29FN6O. The maximum atomic E-state index is 13.8. The van der Waals surface area contributed by atoms with Crippen LogP contribution in [0.25, 0.3) is 0 Å². The second-order valence-corrected chi connectivity index (χ2v) is 8.93. The minimum atomic E-state index is -0.224. The van der Waals surface area contributed by atoms with Crippen molar-refractivity contribution in [2.75, 3.05) is 18.0 Å². The van der Waals surface area contributed by atoms with E-state index in [4.69, 9.17) is 9.97 Å². The predicted octanol–water partition coefficient (Wildman–Crippen LogP) is 3.83. The third-order valence-electron chi connectivity index (χ3n) is 6.60. The lowest BCUT2D eigenvalue weighted by molar-refractivity contribution is -0.136. The molecule has 33 heavy (non-hydrogen) atoms. The van der Waals surface area contributed by atoms with Crippen molar-refractivity contribution in [2.24, 2.45) is 0 Å². The monoisotopic (exact) mass is 448 g/mol. The molecule has 172 valence electrons. The van der Waals surface area contributed by atoms with E-state index in [0.29, 0.717) is 18.9 Å². The number of amides is 1. The van der Waals surface area contributed by atoms with Crippen molar-refractivity contribution in [3.8, 4) is 0 Å². The average Bonchev–Trinajstić information content (AvgIpc) is 3.32. The van der Waals surface area contributed by atoms with Crippen LogP contribution in [0.15, 0.2) is 42.7 Å². The van der Waals surface area contributed by atoms with E-state index in [1.165, 1.54) is 6.07 Å². The van der Waals surface area contributed by atoms with Gasteiger partial charge in [-0.05, 0) is 62.8 Å². The molecule has 1 aromatic carbocycles. The first kappa shape index (κ1) is 21.6. The van der Waals surface area contributed by atoms with Gasteiger partial charge in [-0.15, -0.1) is 0 Å². The summed E-state index contributed by atoms with van der Waals surface area (Å²) in [6.45, 7) is 4.43. The van der Waals surface area contributed by atoms with Gasteiger partial charge in [0.1, 0.15) is 18.2 Å². The topological polar surface area (TPSA) is 67.2 Å². The zero-order valence-corrected chi connectivity index (χ0v) is 19.0. The highest BCUT2D eigenvalue weighted by atomic mass is 19.1. The van der Waals surface area contributed by atoms with Gasteiger partial charge in [0, 0.05) is 43.3 Å². The summed E-state index contributed by atoms with van der Waals surface area (Å²) in [4.78, 5) is 27.2. The number of aryl methyl sites for hydroxylation is 1. The van der Waals surface area contributed by atoms with Gasteiger partial charge >= 0.3 is 0 Å². The van der Waals surface area contributed by atoms with Crippen LogP contribution in [0.2, 0.25) is 0 Å². The Kier molecular flexibility index (Phi) is 6.07. The fourth-order valence-corrected chi connectivity index (χ4v) is 4.99. The summed E-state index contributed by atoms with van der Waals surface area (Å²) < 4.78 is 15.4. The zero-order valence-electron chi connectivity index (χ0n) is 19.0. The second kappa shape index (κ2) is 9.29. The number of likely N-dealkylation sites (tertiary alicyclic amines) is 1. The van der Waals surface area contributed by atoms with Crippen LogP contribution in [0.3, 0.4) is 0 Å². The Balaban J connectivity index is 1.44. The molecule has 0 aliphatic carbocycles. The number of carbonyl (C=O) groups excluding carboxylic acids is 1. The van der Waals surface area contributed by atoms with Gasteiger partial charge in [0.25, 0.3) is 0 Å². The van der Waals surface area contributed by atoms with E-state index in [1.807, 2.05) is 24.0 Å². The SMILES string of the molecule is Cc1nc([C@H]2CCCCN2C(=O)Cn2cccn2)nc2c1CCCN2Cc1cccc(F)c1. The van der Waals surface area contributed by atoms with Gasteiger partial charge in [-0.2, -0.15) is 5.10 Å². The minimum absolute atomic E-state index is 0.0407. The van der Waals surface area contributed by atoms with E-state index in [0.717, 1.165) is 61.3 Å². The normalized spacial score (nSPS) is 18.3. The van der Waals surface area contributed by atoms with Crippen molar-refractivity contribution >= 4 is 11.7 Å². The molecule has 0 radical (unpaired) electrons. The summed E-state index contributed by atoms with van der Waals surface area (Å²) in [6, 6.07) is 8.43. The van der Waals surface area contributed by atoms with Crippen LogP contribution in [0.4, 0.5) is 10.2 Å². The van der Waals surface area contributed by atoms with Gasteiger partial charge < -0.3 is 9.80 Å². The summed E-state index contributed by atoms with van der Waals surface area (Å²) in [5.41, 5.74) is 3.06. The number of rotatable bonds is 5. The van der Waals surface area contributed by atoms with Crippen LogP contribution in [0, 0.1) is 12.7 Å². The summed E-state index contributed by atoms with van der Waals surface area (Å²) in [5.74, 6) is 1.46. The Labute approximate surface area is 193 Å². The number of hydrogen-bond acceptors (Lipinski definition) is 5. The molecule has 5 rings (SSSR count). The molecule has 7 nitrogen and oxygen atoms in total. The van der Waals surface area contributed by atoms with Crippen LogP contribution in [0.5, 0.6) is 0 Å². The number of nitrogens with zero attached hydrogens (tertiary/aromatic N) is 6. The lowest BCUT2D eigenvalue weighted by Crippen LogP contribution is -2.41. The van der Waals surface area contributed by atoms with Crippen LogP contribution in [0.1, 0.15) is 54.4 Å². The second-order valence-electron chi connectivity index (χ2n) is 8.93. The van der Waals surface area contributed by atoms with Crippen LogP contribution in [-0.4, -0.2) is 43.6 Å². The lowest BCUT2D eigenvalue weighted by atomic mass is 9.99. The summed E-state index contributed by atoms with van der Waals surface area (Å²) in [7, 11) is 0. The number of benzene rings is 1. The molecular weight excluding hydrogens is 419 g/mol. The smallest absolute Gasteiger partial charge is 0.244 e. The van der Waals surface area contributed by atoms with Gasteiger partial charge in [-0.25, -0.2) is 14.4 Å². The molecule has 0 spiro atoms. The maximum Gasteiger partial charge on any atom is 0.244 e. The molecule has 2 aliphatic rings. The van der Waals surface area contributed by atoms with Crippen LogP contribution < -0.4 is 4.90 Å². The van der Waals surface area contributed by atoms with Crippen molar-refractivity contribution in [3.63, 3.8) is 0 Å². The van der Waals surface area contributed by atoms with E-state index >= 15 is 0 Å². The highest BCUT2D eigenvalue weighted by Gasteiger charge is 2.32.